The van der Waals surface area contributed by atoms with E-state index in [0.717, 1.165) is 5.92 Å². The van der Waals surface area contributed by atoms with E-state index in [2.05, 4.69) is 11.8 Å². The van der Waals surface area contributed by atoms with Gasteiger partial charge in [-0.05, 0) is 31.7 Å². The molecule has 0 spiro atoms. The Balaban J connectivity index is 2.15. The molecule has 0 saturated carbocycles. The highest BCUT2D eigenvalue weighted by atomic mass is 16.3. The van der Waals surface area contributed by atoms with Gasteiger partial charge in [0.05, 0.1) is 6.61 Å². The van der Waals surface area contributed by atoms with Crippen molar-refractivity contribution >= 4 is 0 Å². The van der Waals surface area contributed by atoms with Crippen LogP contribution in [0.2, 0.25) is 0 Å². The molecule has 0 aromatic heterocycles. The van der Waals surface area contributed by atoms with Crippen LogP contribution in [-0.2, 0) is 0 Å². The SMILES string of the molecule is CC1CN2CCCC2(CO)C1. The van der Waals surface area contributed by atoms with E-state index in [4.69, 9.17) is 0 Å². The van der Waals surface area contributed by atoms with Crippen LogP contribution in [0.3, 0.4) is 0 Å². The first-order valence-electron chi connectivity index (χ1n) is 4.63. The third-order valence-electron chi connectivity index (χ3n) is 3.30. The van der Waals surface area contributed by atoms with Crippen LogP contribution < -0.4 is 0 Å². The molecule has 0 bridgehead atoms. The van der Waals surface area contributed by atoms with E-state index in [0.29, 0.717) is 6.61 Å². The number of hydrogen-bond donors (Lipinski definition) is 1. The van der Waals surface area contributed by atoms with Gasteiger partial charge in [0.15, 0.2) is 0 Å². The maximum absolute atomic E-state index is 9.30. The minimum Gasteiger partial charge on any atom is -0.394 e. The highest BCUT2D eigenvalue weighted by molar-refractivity contribution is 5.01. The molecule has 2 saturated heterocycles. The summed E-state index contributed by atoms with van der Waals surface area (Å²) in [5, 5.41) is 9.30. The maximum Gasteiger partial charge on any atom is 0.0615 e. The molecule has 2 aliphatic rings. The number of aliphatic hydroxyl groups is 1. The van der Waals surface area contributed by atoms with Crippen LogP contribution in [0.1, 0.15) is 26.2 Å². The molecule has 0 aromatic carbocycles. The summed E-state index contributed by atoms with van der Waals surface area (Å²) >= 11 is 0. The zero-order valence-corrected chi connectivity index (χ0v) is 7.21. The molecule has 0 aliphatic carbocycles. The molecular formula is C9H17NO. The zero-order valence-electron chi connectivity index (χ0n) is 7.21. The summed E-state index contributed by atoms with van der Waals surface area (Å²) in [6.45, 7) is 5.08. The van der Waals surface area contributed by atoms with E-state index in [1.807, 2.05) is 0 Å². The van der Waals surface area contributed by atoms with Gasteiger partial charge in [0.2, 0.25) is 0 Å². The molecule has 2 unspecified atom stereocenters. The average molecular weight is 155 g/mol. The minimum absolute atomic E-state index is 0.208. The molecule has 0 radical (unpaired) electrons. The quantitative estimate of drug-likeness (QED) is 0.607. The predicted molar refractivity (Wildman–Crippen MR) is 44.4 cm³/mol. The highest BCUT2D eigenvalue weighted by Gasteiger charge is 2.46. The topological polar surface area (TPSA) is 23.5 Å². The number of hydrogen-bond acceptors (Lipinski definition) is 2. The van der Waals surface area contributed by atoms with Crippen LogP contribution in [0, 0.1) is 5.92 Å². The van der Waals surface area contributed by atoms with Crippen molar-refractivity contribution in [1.82, 2.24) is 4.90 Å². The van der Waals surface area contributed by atoms with E-state index in [1.165, 1.54) is 32.4 Å². The Hall–Kier alpha value is -0.0800. The predicted octanol–water partition coefficient (Wildman–Crippen LogP) is 0.853. The van der Waals surface area contributed by atoms with Crippen molar-refractivity contribution in [3.63, 3.8) is 0 Å². The molecule has 0 amide bonds. The molecule has 2 rings (SSSR count). The summed E-state index contributed by atoms with van der Waals surface area (Å²) in [6.07, 6.45) is 3.71. The molecule has 2 heterocycles. The second-order valence-corrected chi connectivity index (χ2v) is 4.24. The summed E-state index contributed by atoms with van der Waals surface area (Å²) in [5.74, 6) is 0.794. The fourth-order valence-electron chi connectivity index (χ4n) is 2.84. The third-order valence-corrected chi connectivity index (χ3v) is 3.30. The monoisotopic (exact) mass is 155 g/mol. The Bertz CT molecular complexity index is 160. The normalized spacial score (nSPS) is 44.7. The van der Waals surface area contributed by atoms with Gasteiger partial charge >= 0.3 is 0 Å². The third kappa shape index (κ3) is 1.00. The highest BCUT2D eigenvalue weighted by Crippen LogP contribution is 2.40. The lowest BCUT2D eigenvalue weighted by molar-refractivity contribution is 0.0998. The van der Waals surface area contributed by atoms with Crippen molar-refractivity contribution < 1.29 is 5.11 Å². The number of rotatable bonds is 1. The second kappa shape index (κ2) is 2.46. The largest absolute Gasteiger partial charge is 0.394 e. The van der Waals surface area contributed by atoms with Crippen LogP contribution in [-0.4, -0.2) is 35.2 Å². The van der Waals surface area contributed by atoms with E-state index in [1.54, 1.807) is 0 Å². The van der Waals surface area contributed by atoms with Gasteiger partial charge in [-0.25, -0.2) is 0 Å². The molecule has 2 atom stereocenters. The van der Waals surface area contributed by atoms with Crippen molar-refractivity contribution in [1.29, 1.82) is 0 Å². The van der Waals surface area contributed by atoms with Crippen LogP contribution in [0.25, 0.3) is 0 Å². The Morgan fingerprint density at radius 3 is 3.09 bits per heavy atom. The van der Waals surface area contributed by atoms with Crippen LogP contribution >= 0.6 is 0 Å². The summed E-state index contributed by atoms with van der Waals surface area (Å²) in [4.78, 5) is 2.48. The minimum atomic E-state index is 0.208. The fourth-order valence-corrected chi connectivity index (χ4v) is 2.84. The first kappa shape index (κ1) is 7.56. The van der Waals surface area contributed by atoms with Crippen molar-refractivity contribution in [3.05, 3.63) is 0 Å². The summed E-state index contributed by atoms with van der Waals surface area (Å²) < 4.78 is 0. The van der Waals surface area contributed by atoms with Gasteiger partial charge in [0.1, 0.15) is 0 Å². The standard InChI is InChI=1S/C9H17NO/c1-8-5-9(7-11)3-2-4-10(9)6-8/h8,11H,2-7H2,1H3. The van der Waals surface area contributed by atoms with Crippen molar-refractivity contribution in [2.24, 2.45) is 5.92 Å². The molecule has 1 N–H and O–H groups in total. The number of nitrogens with zero attached hydrogens (tertiary/aromatic N) is 1. The first-order valence-corrected chi connectivity index (χ1v) is 4.63. The summed E-state index contributed by atoms with van der Waals surface area (Å²) in [6, 6.07) is 0. The van der Waals surface area contributed by atoms with Gasteiger partial charge in [0, 0.05) is 12.1 Å². The Labute approximate surface area is 68.2 Å². The Morgan fingerprint density at radius 1 is 1.64 bits per heavy atom. The lowest BCUT2D eigenvalue weighted by Crippen LogP contribution is -2.41. The van der Waals surface area contributed by atoms with Crippen molar-refractivity contribution in [3.8, 4) is 0 Å². The molecule has 0 aromatic rings. The van der Waals surface area contributed by atoms with Crippen LogP contribution in [0.5, 0.6) is 0 Å². The number of aliphatic hydroxyl groups excluding tert-OH is 1. The molecular weight excluding hydrogens is 138 g/mol. The zero-order chi connectivity index (χ0) is 7.90. The van der Waals surface area contributed by atoms with Gasteiger partial charge in [-0.2, -0.15) is 0 Å². The van der Waals surface area contributed by atoms with Crippen molar-refractivity contribution in [2.75, 3.05) is 19.7 Å². The molecule has 2 heteroatoms. The van der Waals surface area contributed by atoms with Gasteiger partial charge in [0.25, 0.3) is 0 Å². The maximum atomic E-state index is 9.30. The smallest absolute Gasteiger partial charge is 0.0615 e. The summed E-state index contributed by atoms with van der Waals surface area (Å²) in [5.41, 5.74) is 0.208. The Kier molecular flexibility index (Phi) is 1.69. The lowest BCUT2D eigenvalue weighted by Gasteiger charge is -2.29. The van der Waals surface area contributed by atoms with Crippen molar-refractivity contribution in [2.45, 2.75) is 31.7 Å². The van der Waals surface area contributed by atoms with Gasteiger partial charge in [-0.3, -0.25) is 4.90 Å². The van der Waals surface area contributed by atoms with E-state index in [9.17, 15) is 5.11 Å². The number of fused-ring (bicyclic) bond motifs is 1. The van der Waals surface area contributed by atoms with Crippen LogP contribution in [0.4, 0.5) is 0 Å². The molecule has 2 nitrogen and oxygen atoms in total. The molecule has 64 valence electrons. The van der Waals surface area contributed by atoms with E-state index >= 15 is 0 Å². The average Bonchev–Trinajstić information content (AvgIpc) is 2.43. The first-order chi connectivity index (χ1) is 5.27. The lowest BCUT2D eigenvalue weighted by atomic mass is 9.92. The molecule has 11 heavy (non-hydrogen) atoms. The van der Waals surface area contributed by atoms with E-state index < -0.39 is 0 Å². The Morgan fingerprint density at radius 2 is 2.45 bits per heavy atom. The van der Waals surface area contributed by atoms with Gasteiger partial charge < -0.3 is 5.11 Å². The second-order valence-electron chi connectivity index (χ2n) is 4.24. The van der Waals surface area contributed by atoms with Gasteiger partial charge in [-0.15, -0.1) is 0 Å². The fraction of sp³-hybridized carbons (Fsp3) is 1.00. The molecule has 2 aliphatic heterocycles. The van der Waals surface area contributed by atoms with Gasteiger partial charge in [-0.1, -0.05) is 6.92 Å². The molecule has 2 fully saturated rings. The van der Waals surface area contributed by atoms with Crippen LogP contribution in [0.15, 0.2) is 0 Å². The van der Waals surface area contributed by atoms with E-state index in [-0.39, 0.29) is 5.54 Å². The summed E-state index contributed by atoms with van der Waals surface area (Å²) in [7, 11) is 0.